The van der Waals surface area contributed by atoms with Crippen molar-refractivity contribution in [1.29, 1.82) is 0 Å². The Balaban J connectivity index is 1.09. The lowest BCUT2D eigenvalue weighted by Gasteiger charge is -2.73. The SMILES string of the molecule is COCCOCCN1CCN(C(=O)[C@]23CC[C@@H](C4(C)CC4)[C@@H]2[C@H]2CC[C@@H]4[C@@]5(C)CC[C@H](OC(=O)CC(C)(C)C(=O)O)C(C)(C)[C@@H]5CC[C@@]4(C)[C@]2(C)CC3)CC1. The van der Waals surface area contributed by atoms with Crippen LogP contribution in [0.2, 0.25) is 0 Å². The summed E-state index contributed by atoms with van der Waals surface area (Å²) in [5, 5.41) is 9.65. The Bertz CT molecular complexity index is 1470. The normalized spacial score (nSPS) is 42.0. The predicted octanol–water partition coefficient (Wildman–Crippen LogP) is 8.09. The molecule has 0 aromatic carbocycles. The first-order chi connectivity index (χ1) is 25.8. The number of methoxy groups -OCH3 is 1. The van der Waals surface area contributed by atoms with E-state index >= 15 is 4.79 Å². The van der Waals surface area contributed by atoms with Crippen molar-refractivity contribution in [2.75, 3.05) is 59.7 Å². The lowest BCUT2D eigenvalue weighted by atomic mass is 9.32. The summed E-state index contributed by atoms with van der Waals surface area (Å²) in [6.07, 6.45) is 13.5. The molecule has 0 spiro atoms. The lowest BCUT2D eigenvalue weighted by Crippen LogP contribution is -2.68. The van der Waals surface area contributed by atoms with E-state index in [-0.39, 0.29) is 45.6 Å². The van der Waals surface area contributed by atoms with E-state index in [0.29, 0.717) is 60.7 Å². The molecule has 55 heavy (non-hydrogen) atoms. The fraction of sp³-hybridized carbons (Fsp3) is 0.935. The van der Waals surface area contributed by atoms with Gasteiger partial charge < -0.3 is 24.2 Å². The molecule has 1 saturated heterocycles. The van der Waals surface area contributed by atoms with Crippen molar-refractivity contribution in [3.05, 3.63) is 0 Å². The van der Waals surface area contributed by atoms with Crippen LogP contribution in [0.5, 0.6) is 0 Å². The average Bonchev–Trinajstić information content (AvgIpc) is 3.74. The number of piperazine rings is 1. The van der Waals surface area contributed by atoms with Gasteiger partial charge in [0.25, 0.3) is 0 Å². The monoisotopic (exact) mass is 769 g/mol. The molecule has 0 unspecified atom stereocenters. The van der Waals surface area contributed by atoms with E-state index in [9.17, 15) is 14.7 Å². The Labute approximate surface area is 332 Å². The summed E-state index contributed by atoms with van der Waals surface area (Å²) in [6.45, 7) is 24.7. The number of carboxylic acids is 1. The average molecular weight is 769 g/mol. The minimum atomic E-state index is -1.14. The lowest BCUT2D eigenvalue weighted by molar-refractivity contribution is -0.251. The van der Waals surface area contributed by atoms with Crippen molar-refractivity contribution >= 4 is 17.8 Å². The Morgan fingerprint density at radius 2 is 1.44 bits per heavy atom. The van der Waals surface area contributed by atoms with E-state index in [1.165, 1.54) is 38.5 Å². The molecule has 7 fully saturated rings. The summed E-state index contributed by atoms with van der Waals surface area (Å²) in [5.41, 5.74) is -0.634. The van der Waals surface area contributed by atoms with Crippen LogP contribution in [-0.4, -0.2) is 98.5 Å². The number of carbonyl (C=O) groups is 3. The second kappa shape index (κ2) is 14.5. The van der Waals surface area contributed by atoms with Crippen molar-refractivity contribution in [3.8, 4) is 0 Å². The molecule has 6 aliphatic carbocycles. The molecule has 0 aromatic heterocycles. The van der Waals surface area contributed by atoms with Crippen LogP contribution in [-0.2, 0) is 28.6 Å². The highest BCUT2D eigenvalue weighted by Gasteiger charge is 2.73. The highest BCUT2D eigenvalue weighted by atomic mass is 16.5. The quantitative estimate of drug-likeness (QED) is 0.157. The van der Waals surface area contributed by atoms with E-state index < -0.39 is 11.4 Å². The van der Waals surface area contributed by atoms with Gasteiger partial charge in [-0.1, -0.05) is 41.5 Å². The first-order valence-electron chi connectivity index (χ1n) is 22.3. The third-order valence-electron chi connectivity index (χ3n) is 18.8. The van der Waals surface area contributed by atoms with Gasteiger partial charge in [-0.3, -0.25) is 19.3 Å². The van der Waals surface area contributed by atoms with Crippen LogP contribution in [0.4, 0.5) is 0 Å². The molecule has 1 heterocycles. The highest BCUT2D eigenvalue weighted by Crippen LogP contribution is 2.79. The Kier molecular flexibility index (Phi) is 11.0. The standard InChI is InChI=1S/C46H76N2O7/c1-40(2,39(51)52)30-36(49)55-35-14-15-43(6)33(41(35,3)4)13-16-45(8)34(43)11-10-32-37-31(42(5)18-19-42)12-17-46(37,21-20-44(32,45)7)38(50)48-24-22-47(23-25-48)26-27-54-29-28-53-9/h31-35,37H,10-30H2,1-9H3,(H,51,52)/t31-,32-,33+,34-,35+,37-,43+,44-,45-,46+/m1/s1. The maximum Gasteiger partial charge on any atom is 0.309 e. The smallest absolute Gasteiger partial charge is 0.309 e. The number of nitrogens with zero attached hydrogens (tertiary/aromatic N) is 2. The number of fused-ring (bicyclic) bond motifs is 7. The molecular formula is C46H76N2O7. The van der Waals surface area contributed by atoms with Gasteiger partial charge in [-0.05, 0) is 142 Å². The molecule has 9 nitrogen and oxygen atoms in total. The molecule has 0 bridgehead atoms. The number of carboxylic acid groups (broad SMARTS) is 1. The topological polar surface area (TPSA) is 106 Å². The number of esters is 1. The van der Waals surface area contributed by atoms with Crippen molar-refractivity contribution in [2.45, 2.75) is 145 Å². The number of carbonyl (C=O) groups excluding carboxylic acids is 2. The van der Waals surface area contributed by atoms with Crippen LogP contribution in [0.15, 0.2) is 0 Å². The summed E-state index contributed by atoms with van der Waals surface area (Å²) >= 11 is 0. The highest BCUT2D eigenvalue weighted by molar-refractivity contribution is 5.84. The van der Waals surface area contributed by atoms with Crippen molar-refractivity contribution < 1.29 is 33.7 Å². The van der Waals surface area contributed by atoms with Gasteiger partial charge in [0.1, 0.15) is 6.10 Å². The third-order valence-corrected chi connectivity index (χ3v) is 18.8. The van der Waals surface area contributed by atoms with Gasteiger partial charge in [0, 0.05) is 45.2 Å². The van der Waals surface area contributed by atoms with Crippen molar-refractivity contribution in [2.24, 2.45) is 67.5 Å². The number of aliphatic carboxylic acids is 1. The van der Waals surface area contributed by atoms with E-state index in [0.717, 1.165) is 71.2 Å². The van der Waals surface area contributed by atoms with Crippen LogP contribution in [0.3, 0.4) is 0 Å². The second-order valence-electron chi connectivity index (χ2n) is 22.1. The van der Waals surface area contributed by atoms with E-state index in [1.54, 1.807) is 21.0 Å². The number of hydrogen-bond acceptors (Lipinski definition) is 7. The molecule has 1 N–H and O–H groups in total. The van der Waals surface area contributed by atoms with Gasteiger partial charge in [-0.25, -0.2) is 0 Å². The minimum absolute atomic E-state index is 0.107. The summed E-state index contributed by atoms with van der Waals surface area (Å²) in [7, 11) is 1.70. The largest absolute Gasteiger partial charge is 0.481 e. The molecular weight excluding hydrogens is 693 g/mol. The molecule has 1 aliphatic heterocycles. The first-order valence-corrected chi connectivity index (χ1v) is 22.3. The maximum absolute atomic E-state index is 15.2. The summed E-state index contributed by atoms with van der Waals surface area (Å²) in [5.74, 6) is 1.86. The Morgan fingerprint density at radius 3 is 2.09 bits per heavy atom. The van der Waals surface area contributed by atoms with E-state index in [4.69, 9.17) is 14.2 Å². The zero-order valence-electron chi connectivity index (χ0n) is 36.1. The van der Waals surface area contributed by atoms with Crippen LogP contribution in [0.25, 0.3) is 0 Å². The Morgan fingerprint density at radius 1 is 0.727 bits per heavy atom. The summed E-state index contributed by atoms with van der Waals surface area (Å²) < 4.78 is 17.1. The van der Waals surface area contributed by atoms with Gasteiger partial charge in [-0.15, -0.1) is 0 Å². The molecule has 7 aliphatic rings. The van der Waals surface area contributed by atoms with Gasteiger partial charge in [0.05, 0.1) is 37.1 Å². The third kappa shape index (κ3) is 6.72. The fourth-order valence-corrected chi connectivity index (χ4v) is 15.1. The molecule has 1 amide bonds. The van der Waals surface area contributed by atoms with E-state index in [2.05, 4.69) is 51.3 Å². The number of rotatable bonds is 12. The molecule has 0 aromatic rings. The zero-order chi connectivity index (χ0) is 39.8. The fourth-order valence-electron chi connectivity index (χ4n) is 15.1. The predicted molar refractivity (Wildman–Crippen MR) is 213 cm³/mol. The van der Waals surface area contributed by atoms with Crippen molar-refractivity contribution in [3.63, 3.8) is 0 Å². The molecule has 10 atom stereocenters. The number of ether oxygens (including phenoxy) is 3. The number of hydrogen-bond donors (Lipinski definition) is 1. The molecule has 312 valence electrons. The zero-order valence-corrected chi connectivity index (χ0v) is 36.1. The number of amides is 1. The van der Waals surface area contributed by atoms with Crippen LogP contribution < -0.4 is 0 Å². The van der Waals surface area contributed by atoms with Gasteiger partial charge >= 0.3 is 11.9 Å². The van der Waals surface area contributed by atoms with Crippen LogP contribution in [0, 0.1) is 67.5 Å². The minimum Gasteiger partial charge on any atom is -0.481 e. The molecule has 6 saturated carbocycles. The first kappa shape index (κ1) is 41.4. The van der Waals surface area contributed by atoms with Crippen molar-refractivity contribution in [1.82, 2.24) is 9.80 Å². The molecule has 7 rings (SSSR count). The van der Waals surface area contributed by atoms with Gasteiger partial charge in [0.2, 0.25) is 5.91 Å². The molecule has 0 radical (unpaired) electrons. The maximum atomic E-state index is 15.2. The van der Waals surface area contributed by atoms with E-state index in [1.807, 2.05) is 0 Å². The molecule has 9 heteroatoms. The second-order valence-corrected chi connectivity index (χ2v) is 22.1. The summed E-state index contributed by atoms with van der Waals surface area (Å²) in [6, 6.07) is 0. The van der Waals surface area contributed by atoms with Gasteiger partial charge in [-0.2, -0.15) is 0 Å². The summed E-state index contributed by atoms with van der Waals surface area (Å²) in [4.78, 5) is 44.8. The Hall–Kier alpha value is -1.71. The van der Waals surface area contributed by atoms with Crippen LogP contribution >= 0.6 is 0 Å². The van der Waals surface area contributed by atoms with Crippen LogP contribution in [0.1, 0.15) is 139 Å². The van der Waals surface area contributed by atoms with Gasteiger partial charge in [0.15, 0.2) is 0 Å².